The average Bonchev–Trinajstić information content (AvgIpc) is 3.11. The predicted octanol–water partition coefficient (Wildman–Crippen LogP) is 4.16. The number of fused-ring (bicyclic) bond motifs is 1. The molecule has 1 amide bonds. The Kier molecular flexibility index (Phi) is 7.02. The Balaban J connectivity index is 1.23. The first-order valence-corrected chi connectivity index (χ1v) is 13.0. The fourth-order valence-corrected chi connectivity index (χ4v) is 4.98. The molecule has 0 spiro atoms. The minimum atomic E-state index is 0.0557. The molecule has 1 fully saturated rings. The highest BCUT2D eigenvalue weighted by Crippen LogP contribution is 2.26. The van der Waals surface area contributed by atoms with Crippen LogP contribution in [0.5, 0.6) is 5.75 Å². The van der Waals surface area contributed by atoms with E-state index in [9.17, 15) is 4.79 Å². The van der Waals surface area contributed by atoms with Crippen LogP contribution in [0, 0.1) is 0 Å². The lowest BCUT2D eigenvalue weighted by atomic mass is 10.1. The van der Waals surface area contributed by atoms with Gasteiger partial charge in [-0.05, 0) is 60.4 Å². The van der Waals surface area contributed by atoms with Crippen molar-refractivity contribution >= 4 is 23.5 Å². The van der Waals surface area contributed by atoms with Gasteiger partial charge in [0, 0.05) is 61.5 Å². The molecule has 6 nitrogen and oxygen atoms in total. The van der Waals surface area contributed by atoms with E-state index in [-0.39, 0.29) is 5.91 Å². The highest BCUT2D eigenvalue weighted by molar-refractivity contribution is 7.98. The third-order valence-electron chi connectivity index (χ3n) is 6.48. The Morgan fingerprint density at radius 2 is 1.82 bits per heavy atom. The highest BCUT2D eigenvalue weighted by Gasteiger charge is 2.22. The molecule has 3 heterocycles. The number of carbonyl (C=O) groups is 1. The molecule has 0 saturated carbocycles. The van der Waals surface area contributed by atoms with Gasteiger partial charge in [-0.15, -0.1) is 11.8 Å². The van der Waals surface area contributed by atoms with Crippen LogP contribution in [0.2, 0.25) is 0 Å². The number of anilines is 1. The van der Waals surface area contributed by atoms with Crippen LogP contribution in [0.25, 0.3) is 0 Å². The topological polar surface area (TPSA) is 48.9 Å². The number of piperazine rings is 1. The Labute approximate surface area is 205 Å². The van der Waals surface area contributed by atoms with Crippen molar-refractivity contribution in [2.45, 2.75) is 18.0 Å². The number of nitrogens with zero attached hydrogens (tertiary/aromatic N) is 4. The van der Waals surface area contributed by atoms with Crippen LogP contribution in [0.3, 0.4) is 0 Å². The van der Waals surface area contributed by atoms with Crippen LogP contribution in [0.4, 0.5) is 5.82 Å². The van der Waals surface area contributed by atoms with E-state index in [1.165, 1.54) is 5.56 Å². The summed E-state index contributed by atoms with van der Waals surface area (Å²) in [6, 6.07) is 20.4. The Hall–Kier alpha value is -3.03. The van der Waals surface area contributed by atoms with Gasteiger partial charge in [0.25, 0.3) is 5.91 Å². The number of rotatable bonds is 5. The molecule has 0 atom stereocenters. The van der Waals surface area contributed by atoms with Crippen molar-refractivity contribution in [2.75, 3.05) is 50.5 Å². The molecule has 0 aliphatic carbocycles. The Morgan fingerprint density at radius 1 is 1.00 bits per heavy atom. The number of benzene rings is 2. The first-order chi connectivity index (χ1) is 16.7. The highest BCUT2D eigenvalue weighted by atomic mass is 32.2. The summed E-state index contributed by atoms with van der Waals surface area (Å²) < 4.78 is 5.98. The summed E-state index contributed by atoms with van der Waals surface area (Å²) in [4.78, 5) is 25.5. The maximum atomic E-state index is 13.2. The Morgan fingerprint density at radius 3 is 2.56 bits per heavy atom. The zero-order chi connectivity index (χ0) is 23.3. The van der Waals surface area contributed by atoms with E-state index < -0.39 is 0 Å². The second-order valence-electron chi connectivity index (χ2n) is 8.70. The van der Waals surface area contributed by atoms with Gasteiger partial charge in [0.1, 0.15) is 18.2 Å². The molecule has 2 aliphatic rings. The lowest BCUT2D eigenvalue weighted by Crippen LogP contribution is -2.46. The first kappa shape index (κ1) is 22.7. The van der Waals surface area contributed by atoms with Crippen LogP contribution in [-0.2, 0) is 13.1 Å². The minimum Gasteiger partial charge on any atom is -0.491 e. The lowest BCUT2D eigenvalue weighted by Gasteiger charge is -2.35. The SMILES string of the molecule is CSc1ccc(C(=O)N2CCOc3ccc(CN4CCN(c5ccccn5)CC4)cc3C2)cc1. The molecule has 2 aliphatic heterocycles. The number of thioether (sulfide) groups is 1. The monoisotopic (exact) mass is 474 g/mol. The molecule has 5 rings (SSSR count). The van der Waals surface area contributed by atoms with Gasteiger partial charge >= 0.3 is 0 Å². The van der Waals surface area contributed by atoms with Crippen LogP contribution >= 0.6 is 11.8 Å². The molecular weight excluding hydrogens is 444 g/mol. The maximum absolute atomic E-state index is 13.2. The largest absolute Gasteiger partial charge is 0.491 e. The summed E-state index contributed by atoms with van der Waals surface area (Å²) >= 11 is 1.68. The van der Waals surface area contributed by atoms with Crippen LogP contribution in [0.15, 0.2) is 71.8 Å². The summed E-state index contributed by atoms with van der Waals surface area (Å²) in [7, 11) is 0. The quantitative estimate of drug-likeness (QED) is 0.518. The molecule has 1 aromatic heterocycles. The van der Waals surface area contributed by atoms with Crippen LogP contribution in [0.1, 0.15) is 21.5 Å². The Bertz CT molecular complexity index is 1120. The van der Waals surface area contributed by atoms with E-state index in [2.05, 4.69) is 39.0 Å². The second kappa shape index (κ2) is 10.5. The average molecular weight is 475 g/mol. The zero-order valence-corrected chi connectivity index (χ0v) is 20.3. The van der Waals surface area contributed by atoms with Gasteiger partial charge in [-0.2, -0.15) is 0 Å². The van der Waals surface area contributed by atoms with Gasteiger partial charge in [-0.3, -0.25) is 9.69 Å². The molecule has 2 aromatic carbocycles. The van der Waals surface area contributed by atoms with Crippen LogP contribution in [-0.4, -0.2) is 66.3 Å². The summed E-state index contributed by atoms with van der Waals surface area (Å²) in [5.74, 6) is 1.99. The third kappa shape index (κ3) is 5.21. The van der Waals surface area contributed by atoms with Crippen molar-refractivity contribution in [3.63, 3.8) is 0 Å². The normalized spacial score (nSPS) is 16.5. The van der Waals surface area contributed by atoms with Crippen molar-refractivity contribution in [1.82, 2.24) is 14.8 Å². The summed E-state index contributed by atoms with van der Waals surface area (Å²) in [5, 5.41) is 0. The van der Waals surface area contributed by atoms with Crippen molar-refractivity contribution in [3.05, 3.63) is 83.6 Å². The summed E-state index contributed by atoms with van der Waals surface area (Å²) in [5.41, 5.74) is 3.06. The summed E-state index contributed by atoms with van der Waals surface area (Å²) in [6.45, 7) is 6.51. The van der Waals surface area contributed by atoms with Gasteiger partial charge < -0.3 is 14.5 Å². The number of hydrogen-bond donors (Lipinski definition) is 0. The summed E-state index contributed by atoms with van der Waals surface area (Å²) in [6.07, 6.45) is 3.89. The van der Waals surface area contributed by atoms with Crippen LogP contribution < -0.4 is 9.64 Å². The molecule has 0 unspecified atom stereocenters. The van der Waals surface area contributed by atoms with Crippen molar-refractivity contribution in [1.29, 1.82) is 0 Å². The first-order valence-electron chi connectivity index (χ1n) is 11.8. The van der Waals surface area contributed by atoms with Crippen molar-refractivity contribution in [2.24, 2.45) is 0 Å². The molecule has 7 heteroatoms. The number of aromatic nitrogens is 1. The fraction of sp³-hybridized carbons (Fsp3) is 0.333. The third-order valence-corrected chi connectivity index (χ3v) is 7.22. The fourth-order valence-electron chi connectivity index (χ4n) is 4.57. The molecule has 3 aromatic rings. The van der Waals surface area contributed by atoms with Gasteiger partial charge in [-0.25, -0.2) is 4.98 Å². The van der Waals surface area contributed by atoms with Gasteiger partial charge in [0.2, 0.25) is 0 Å². The predicted molar refractivity (Wildman–Crippen MR) is 137 cm³/mol. The van der Waals surface area contributed by atoms with E-state index in [0.717, 1.165) is 60.3 Å². The number of amides is 1. The van der Waals surface area contributed by atoms with E-state index >= 15 is 0 Å². The van der Waals surface area contributed by atoms with E-state index in [1.807, 2.05) is 53.8 Å². The molecule has 0 radical (unpaired) electrons. The number of pyridine rings is 1. The lowest BCUT2D eigenvalue weighted by molar-refractivity contribution is 0.0733. The molecule has 1 saturated heterocycles. The van der Waals surface area contributed by atoms with Gasteiger partial charge in [0.05, 0.1) is 6.54 Å². The second-order valence-corrected chi connectivity index (χ2v) is 9.58. The molecule has 176 valence electrons. The minimum absolute atomic E-state index is 0.0557. The maximum Gasteiger partial charge on any atom is 0.254 e. The van der Waals surface area contributed by atoms with E-state index in [1.54, 1.807) is 11.8 Å². The van der Waals surface area contributed by atoms with E-state index in [4.69, 9.17) is 4.74 Å². The van der Waals surface area contributed by atoms with Gasteiger partial charge in [-0.1, -0.05) is 12.1 Å². The standard InChI is InChI=1S/C27H30N4O2S/c1-34-24-8-6-22(7-9-24)27(32)31-16-17-33-25-10-5-21(18-23(25)20-31)19-29-12-14-30(15-13-29)26-4-2-3-11-28-26/h2-11,18H,12-17,19-20H2,1H3. The number of ether oxygens (including phenoxy) is 1. The van der Waals surface area contributed by atoms with E-state index in [0.29, 0.717) is 19.7 Å². The number of hydrogen-bond acceptors (Lipinski definition) is 6. The molecular formula is C27H30N4O2S. The zero-order valence-electron chi connectivity index (χ0n) is 19.5. The molecule has 0 N–H and O–H groups in total. The van der Waals surface area contributed by atoms with Crippen molar-refractivity contribution < 1.29 is 9.53 Å². The molecule has 34 heavy (non-hydrogen) atoms. The van der Waals surface area contributed by atoms with Gasteiger partial charge in [0.15, 0.2) is 0 Å². The molecule has 0 bridgehead atoms. The smallest absolute Gasteiger partial charge is 0.254 e. The van der Waals surface area contributed by atoms with Crippen molar-refractivity contribution in [3.8, 4) is 5.75 Å². The number of carbonyl (C=O) groups excluding carboxylic acids is 1.